The van der Waals surface area contributed by atoms with Gasteiger partial charge in [0.25, 0.3) is 0 Å². The van der Waals surface area contributed by atoms with E-state index in [0.717, 1.165) is 6.07 Å². The van der Waals surface area contributed by atoms with Crippen molar-refractivity contribution in [2.45, 2.75) is 13.8 Å². The minimum Gasteiger partial charge on any atom is -0.477 e. The van der Waals surface area contributed by atoms with Gasteiger partial charge in [-0.3, -0.25) is 10.1 Å². The number of hydrogen-bond donors (Lipinski definition) is 1. The summed E-state index contributed by atoms with van der Waals surface area (Å²) in [5.74, 6) is -1.10. The number of nitrogens with zero attached hydrogens (tertiary/aromatic N) is 3. The molecule has 17 heavy (non-hydrogen) atoms. The van der Waals surface area contributed by atoms with Gasteiger partial charge < -0.3 is 10.0 Å². The summed E-state index contributed by atoms with van der Waals surface area (Å²) in [7, 11) is 0. The van der Waals surface area contributed by atoms with E-state index in [2.05, 4.69) is 4.98 Å². The highest BCUT2D eigenvalue weighted by Crippen LogP contribution is 2.25. The van der Waals surface area contributed by atoms with Crippen LogP contribution in [0.3, 0.4) is 0 Å². The molecule has 0 aromatic carbocycles. The lowest BCUT2D eigenvalue weighted by molar-refractivity contribution is -0.384. The Morgan fingerprint density at radius 2 is 2.06 bits per heavy atom. The maximum atomic E-state index is 10.8. The lowest BCUT2D eigenvalue weighted by Gasteiger charge is -2.19. The van der Waals surface area contributed by atoms with Gasteiger partial charge in [0.2, 0.25) is 5.82 Å². The summed E-state index contributed by atoms with van der Waals surface area (Å²) in [6.45, 7) is 4.69. The van der Waals surface area contributed by atoms with Crippen molar-refractivity contribution in [3.05, 3.63) is 27.9 Å². The molecular weight excluding hydrogens is 226 g/mol. The lowest BCUT2D eigenvalue weighted by atomic mass is 10.3. The van der Waals surface area contributed by atoms with E-state index in [1.807, 2.05) is 13.8 Å². The molecule has 1 aromatic heterocycles. The molecule has 0 bridgehead atoms. The number of carbonyl (C=O) groups is 1. The molecule has 1 N–H and O–H groups in total. The number of nitro groups is 1. The summed E-state index contributed by atoms with van der Waals surface area (Å²) in [5, 5.41) is 19.6. The molecule has 0 aliphatic carbocycles. The van der Waals surface area contributed by atoms with E-state index in [0.29, 0.717) is 13.1 Å². The summed E-state index contributed by atoms with van der Waals surface area (Å²) < 4.78 is 0. The summed E-state index contributed by atoms with van der Waals surface area (Å²) in [4.78, 5) is 26.5. The predicted molar refractivity (Wildman–Crippen MR) is 61.4 cm³/mol. The SMILES string of the molecule is CCN(CC)c1nc(C(=O)O)ccc1[N+](=O)[O-]. The fraction of sp³-hybridized carbons (Fsp3) is 0.400. The number of carboxylic acid groups (broad SMARTS) is 1. The van der Waals surface area contributed by atoms with Crippen LogP contribution < -0.4 is 4.90 Å². The first-order chi connectivity index (χ1) is 8.01. The standard InChI is InChI=1S/C10H13N3O4/c1-3-12(4-2)9-8(13(16)17)6-5-7(11-9)10(14)15/h5-6H,3-4H2,1-2H3,(H,14,15). The molecule has 0 spiro atoms. The van der Waals surface area contributed by atoms with Crippen molar-refractivity contribution >= 4 is 17.5 Å². The second kappa shape index (κ2) is 5.24. The van der Waals surface area contributed by atoms with Gasteiger partial charge in [-0.15, -0.1) is 0 Å². The molecule has 0 unspecified atom stereocenters. The van der Waals surface area contributed by atoms with Crippen LogP contribution >= 0.6 is 0 Å². The molecule has 0 saturated heterocycles. The van der Waals surface area contributed by atoms with Crippen LogP contribution in [0.5, 0.6) is 0 Å². The molecule has 0 amide bonds. The minimum atomic E-state index is -1.20. The van der Waals surface area contributed by atoms with Crippen molar-refractivity contribution in [3.8, 4) is 0 Å². The van der Waals surface area contributed by atoms with Crippen LogP contribution in [0.2, 0.25) is 0 Å². The Bertz CT molecular complexity index is 443. The molecule has 0 atom stereocenters. The molecule has 7 heteroatoms. The van der Waals surface area contributed by atoms with E-state index < -0.39 is 10.9 Å². The Morgan fingerprint density at radius 3 is 2.47 bits per heavy atom. The number of aromatic nitrogens is 1. The number of pyridine rings is 1. The molecule has 1 heterocycles. The monoisotopic (exact) mass is 239 g/mol. The maximum absolute atomic E-state index is 10.8. The van der Waals surface area contributed by atoms with E-state index in [1.54, 1.807) is 4.90 Å². The van der Waals surface area contributed by atoms with Crippen LogP contribution in [0.4, 0.5) is 11.5 Å². The zero-order valence-corrected chi connectivity index (χ0v) is 9.58. The molecule has 7 nitrogen and oxygen atoms in total. The van der Waals surface area contributed by atoms with E-state index in [9.17, 15) is 14.9 Å². The van der Waals surface area contributed by atoms with Crippen LogP contribution in [0.15, 0.2) is 12.1 Å². The highest BCUT2D eigenvalue weighted by atomic mass is 16.6. The van der Waals surface area contributed by atoms with Gasteiger partial charge in [-0.05, 0) is 19.9 Å². The van der Waals surface area contributed by atoms with Gasteiger partial charge in [-0.25, -0.2) is 9.78 Å². The Morgan fingerprint density at radius 1 is 1.47 bits per heavy atom. The Labute approximate surface area is 97.8 Å². The Kier molecular flexibility index (Phi) is 3.97. The molecule has 0 fully saturated rings. The number of hydrogen-bond acceptors (Lipinski definition) is 5. The quantitative estimate of drug-likeness (QED) is 0.618. The first kappa shape index (κ1) is 12.9. The smallest absolute Gasteiger partial charge is 0.354 e. The maximum Gasteiger partial charge on any atom is 0.354 e. The van der Waals surface area contributed by atoms with Crippen LogP contribution in [0.1, 0.15) is 24.3 Å². The van der Waals surface area contributed by atoms with Crippen molar-refractivity contribution in [2.75, 3.05) is 18.0 Å². The third-order valence-electron chi connectivity index (χ3n) is 2.33. The van der Waals surface area contributed by atoms with Crippen molar-refractivity contribution in [3.63, 3.8) is 0 Å². The first-order valence-electron chi connectivity index (χ1n) is 5.14. The van der Waals surface area contributed by atoms with Gasteiger partial charge in [0.05, 0.1) is 4.92 Å². The predicted octanol–water partition coefficient (Wildman–Crippen LogP) is 1.53. The molecule has 1 aromatic rings. The fourth-order valence-corrected chi connectivity index (χ4v) is 1.46. The third-order valence-corrected chi connectivity index (χ3v) is 2.33. The molecule has 0 radical (unpaired) electrons. The largest absolute Gasteiger partial charge is 0.477 e. The zero-order valence-electron chi connectivity index (χ0n) is 9.58. The van der Waals surface area contributed by atoms with E-state index in [1.165, 1.54) is 6.07 Å². The van der Waals surface area contributed by atoms with Gasteiger partial charge in [-0.2, -0.15) is 0 Å². The third kappa shape index (κ3) is 2.68. The van der Waals surface area contributed by atoms with Crippen molar-refractivity contribution in [1.29, 1.82) is 0 Å². The molecule has 1 rings (SSSR count). The summed E-state index contributed by atoms with van der Waals surface area (Å²) in [6, 6.07) is 2.30. The lowest BCUT2D eigenvalue weighted by Crippen LogP contribution is -2.24. The number of carboxylic acids is 1. The van der Waals surface area contributed by atoms with Crippen LogP contribution in [-0.2, 0) is 0 Å². The average molecular weight is 239 g/mol. The summed E-state index contributed by atoms with van der Waals surface area (Å²) in [6.07, 6.45) is 0. The molecular formula is C10H13N3O4. The molecule has 0 aliphatic rings. The average Bonchev–Trinajstić information content (AvgIpc) is 2.30. The second-order valence-corrected chi connectivity index (χ2v) is 3.27. The second-order valence-electron chi connectivity index (χ2n) is 3.27. The minimum absolute atomic E-state index is 0.0971. The molecule has 0 aliphatic heterocycles. The first-order valence-corrected chi connectivity index (χ1v) is 5.14. The van der Waals surface area contributed by atoms with Crippen molar-refractivity contribution in [2.24, 2.45) is 0 Å². The van der Waals surface area contributed by atoms with E-state index in [-0.39, 0.29) is 17.2 Å². The Balaban J connectivity index is 3.34. The van der Waals surface area contributed by atoms with Gasteiger partial charge in [0.1, 0.15) is 0 Å². The van der Waals surface area contributed by atoms with Crippen molar-refractivity contribution in [1.82, 2.24) is 4.98 Å². The van der Waals surface area contributed by atoms with Crippen LogP contribution in [0, 0.1) is 10.1 Å². The molecule has 92 valence electrons. The van der Waals surface area contributed by atoms with E-state index >= 15 is 0 Å². The highest BCUT2D eigenvalue weighted by molar-refractivity contribution is 5.86. The van der Waals surface area contributed by atoms with Crippen LogP contribution in [-0.4, -0.2) is 34.1 Å². The zero-order chi connectivity index (χ0) is 13.0. The van der Waals surface area contributed by atoms with Gasteiger partial charge in [0.15, 0.2) is 5.69 Å². The van der Waals surface area contributed by atoms with Crippen LogP contribution in [0.25, 0.3) is 0 Å². The normalized spacial score (nSPS) is 10.0. The van der Waals surface area contributed by atoms with Gasteiger partial charge >= 0.3 is 11.7 Å². The van der Waals surface area contributed by atoms with Gasteiger partial charge in [0, 0.05) is 19.2 Å². The fourth-order valence-electron chi connectivity index (χ4n) is 1.46. The Hall–Kier alpha value is -2.18. The van der Waals surface area contributed by atoms with Crippen molar-refractivity contribution < 1.29 is 14.8 Å². The number of anilines is 1. The number of rotatable bonds is 5. The summed E-state index contributed by atoms with van der Waals surface area (Å²) in [5.41, 5.74) is -0.379. The molecule has 0 saturated carbocycles. The topological polar surface area (TPSA) is 96.6 Å². The van der Waals surface area contributed by atoms with Gasteiger partial charge in [-0.1, -0.05) is 0 Å². The number of aromatic carboxylic acids is 1. The summed E-state index contributed by atoms with van der Waals surface area (Å²) >= 11 is 0. The van der Waals surface area contributed by atoms with E-state index in [4.69, 9.17) is 5.11 Å². The highest BCUT2D eigenvalue weighted by Gasteiger charge is 2.21.